The first-order chi connectivity index (χ1) is 16.1. The van der Waals surface area contributed by atoms with E-state index in [0.29, 0.717) is 31.0 Å². The van der Waals surface area contributed by atoms with E-state index < -0.39 is 6.04 Å². The van der Waals surface area contributed by atoms with Crippen molar-refractivity contribution in [3.8, 4) is 0 Å². The summed E-state index contributed by atoms with van der Waals surface area (Å²) >= 11 is 6.05. The van der Waals surface area contributed by atoms with Crippen LogP contribution in [-0.4, -0.2) is 29.3 Å². The molecule has 4 nitrogen and oxygen atoms in total. The van der Waals surface area contributed by atoms with Gasteiger partial charge >= 0.3 is 0 Å². The monoisotopic (exact) mass is 466 g/mol. The molecule has 0 saturated heterocycles. The second-order valence-corrected chi connectivity index (χ2v) is 9.19. The molecule has 0 heterocycles. The van der Waals surface area contributed by atoms with Gasteiger partial charge < -0.3 is 10.2 Å². The van der Waals surface area contributed by atoms with Gasteiger partial charge in [0.15, 0.2) is 0 Å². The van der Waals surface area contributed by atoms with Gasteiger partial charge in [-0.3, -0.25) is 9.59 Å². The van der Waals surface area contributed by atoms with Crippen LogP contribution in [0, 0.1) is 0 Å². The zero-order valence-electron chi connectivity index (χ0n) is 19.6. The number of hydrogen-bond donors (Lipinski definition) is 1. The standard InChI is InChI=1S/C28H35ClN2O2/c1-2-9-27(32)31(21-24-14-16-25(29)17-15-24)26(20-23-12-7-4-8-13-23)28(33)30-19-18-22-10-5-3-6-11-22/h4,7-8,10,12-17,26H,2-3,5-6,9,11,18-21H2,1H3,(H,30,33)/t26-/m1/s1. The lowest BCUT2D eigenvalue weighted by molar-refractivity contribution is -0.141. The third-order valence-corrected chi connectivity index (χ3v) is 6.38. The zero-order valence-corrected chi connectivity index (χ0v) is 20.3. The van der Waals surface area contributed by atoms with E-state index in [0.717, 1.165) is 36.8 Å². The van der Waals surface area contributed by atoms with Gasteiger partial charge in [-0.25, -0.2) is 0 Å². The highest BCUT2D eigenvalue weighted by Gasteiger charge is 2.29. The lowest BCUT2D eigenvalue weighted by Gasteiger charge is -2.31. The molecular weight excluding hydrogens is 432 g/mol. The van der Waals surface area contributed by atoms with Gasteiger partial charge in [-0.05, 0) is 61.8 Å². The van der Waals surface area contributed by atoms with Crippen LogP contribution in [0.2, 0.25) is 5.02 Å². The van der Waals surface area contributed by atoms with Gasteiger partial charge in [-0.15, -0.1) is 0 Å². The number of carbonyl (C=O) groups is 2. The molecule has 1 atom stereocenters. The molecule has 1 aliphatic rings. The Labute approximate surface area is 203 Å². The third-order valence-electron chi connectivity index (χ3n) is 6.13. The van der Waals surface area contributed by atoms with Crippen LogP contribution in [0.4, 0.5) is 0 Å². The Bertz CT molecular complexity index is 925. The molecule has 5 heteroatoms. The molecule has 1 N–H and O–H groups in total. The molecule has 0 bridgehead atoms. The SMILES string of the molecule is CCCC(=O)N(Cc1ccc(Cl)cc1)[C@H](Cc1ccccc1)C(=O)NCCC1=CCCCC1. The number of rotatable bonds is 11. The first-order valence-electron chi connectivity index (χ1n) is 12.1. The summed E-state index contributed by atoms with van der Waals surface area (Å²) < 4.78 is 0. The predicted octanol–water partition coefficient (Wildman–Crippen LogP) is 6.09. The fraction of sp³-hybridized carbons (Fsp3) is 0.429. The topological polar surface area (TPSA) is 49.4 Å². The van der Waals surface area contributed by atoms with Crippen molar-refractivity contribution in [2.24, 2.45) is 0 Å². The maximum absolute atomic E-state index is 13.4. The maximum Gasteiger partial charge on any atom is 0.243 e. The van der Waals surface area contributed by atoms with Gasteiger partial charge in [0, 0.05) is 31.0 Å². The first-order valence-corrected chi connectivity index (χ1v) is 12.5. The molecule has 33 heavy (non-hydrogen) atoms. The van der Waals surface area contributed by atoms with Gasteiger partial charge in [0.25, 0.3) is 0 Å². The average molecular weight is 467 g/mol. The molecule has 0 aromatic heterocycles. The molecule has 0 fully saturated rings. The summed E-state index contributed by atoms with van der Waals surface area (Å²) in [6.07, 6.45) is 9.59. The normalized spacial score (nSPS) is 14.3. The van der Waals surface area contributed by atoms with Gasteiger partial charge in [0.2, 0.25) is 11.8 Å². The van der Waals surface area contributed by atoms with Crippen molar-refractivity contribution in [1.82, 2.24) is 10.2 Å². The Hall–Kier alpha value is -2.59. The Balaban J connectivity index is 1.79. The molecular formula is C28H35ClN2O2. The number of amides is 2. The van der Waals surface area contributed by atoms with Crippen molar-refractivity contribution in [3.63, 3.8) is 0 Å². The molecule has 176 valence electrons. The predicted molar refractivity (Wildman–Crippen MR) is 135 cm³/mol. The minimum Gasteiger partial charge on any atom is -0.354 e. The van der Waals surface area contributed by atoms with Crippen molar-refractivity contribution in [2.45, 2.75) is 70.9 Å². The number of nitrogens with zero attached hydrogens (tertiary/aromatic N) is 1. The van der Waals surface area contributed by atoms with Gasteiger partial charge in [0.1, 0.15) is 6.04 Å². The van der Waals surface area contributed by atoms with Crippen LogP contribution in [0.25, 0.3) is 0 Å². The van der Waals surface area contributed by atoms with Crippen molar-refractivity contribution in [2.75, 3.05) is 6.54 Å². The molecule has 0 spiro atoms. The molecule has 3 rings (SSSR count). The Morgan fingerprint density at radius 1 is 1.03 bits per heavy atom. The summed E-state index contributed by atoms with van der Waals surface area (Å²) in [6, 6.07) is 16.8. The van der Waals surface area contributed by atoms with Crippen LogP contribution in [0.5, 0.6) is 0 Å². The highest BCUT2D eigenvalue weighted by Crippen LogP contribution is 2.20. The van der Waals surface area contributed by atoms with Crippen molar-refractivity contribution >= 4 is 23.4 Å². The summed E-state index contributed by atoms with van der Waals surface area (Å²) in [5.74, 6) is -0.0906. The Morgan fingerprint density at radius 2 is 1.79 bits per heavy atom. The summed E-state index contributed by atoms with van der Waals surface area (Å²) in [5.41, 5.74) is 3.43. The van der Waals surface area contributed by atoms with E-state index in [2.05, 4.69) is 11.4 Å². The highest BCUT2D eigenvalue weighted by atomic mass is 35.5. The van der Waals surface area contributed by atoms with Crippen LogP contribution in [-0.2, 0) is 22.6 Å². The second kappa shape index (κ2) is 13.2. The van der Waals surface area contributed by atoms with Crippen molar-refractivity contribution < 1.29 is 9.59 Å². The van der Waals surface area contributed by atoms with Crippen molar-refractivity contribution in [1.29, 1.82) is 0 Å². The fourth-order valence-corrected chi connectivity index (χ4v) is 4.42. The third kappa shape index (κ3) is 8.04. The van der Waals surface area contributed by atoms with E-state index >= 15 is 0 Å². The van der Waals surface area contributed by atoms with E-state index in [-0.39, 0.29) is 11.8 Å². The number of hydrogen-bond acceptors (Lipinski definition) is 2. The first kappa shape index (κ1) is 25.0. The molecule has 0 radical (unpaired) electrons. The lowest BCUT2D eigenvalue weighted by atomic mass is 9.97. The summed E-state index contributed by atoms with van der Waals surface area (Å²) in [7, 11) is 0. The van der Waals surface area contributed by atoms with Gasteiger partial charge in [0.05, 0.1) is 0 Å². The molecule has 2 aromatic carbocycles. The van der Waals surface area contributed by atoms with E-state index in [9.17, 15) is 9.59 Å². The number of carbonyl (C=O) groups excluding carboxylic acids is 2. The summed E-state index contributed by atoms with van der Waals surface area (Å²) in [4.78, 5) is 28.4. The largest absolute Gasteiger partial charge is 0.354 e. The average Bonchev–Trinajstić information content (AvgIpc) is 2.84. The van der Waals surface area contributed by atoms with Gasteiger partial charge in [-0.2, -0.15) is 0 Å². The summed E-state index contributed by atoms with van der Waals surface area (Å²) in [6.45, 7) is 2.97. The highest BCUT2D eigenvalue weighted by molar-refractivity contribution is 6.30. The smallest absolute Gasteiger partial charge is 0.243 e. The Morgan fingerprint density at radius 3 is 2.45 bits per heavy atom. The van der Waals surface area contributed by atoms with Crippen LogP contribution in [0.1, 0.15) is 63.0 Å². The number of halogens is 1. The van der Waals surface area contributed by atoms with E-state index in [1.165, 1.54) is 18.4 Å². The molecule has 1 aliphatic carbocycles. The van der Waals surface area contributed by atoms with Gasteiger partial charge in [-0.1, -0.05) is 72.6 Å². The number of benzene rings is 2. The maximum atomic E-state index is 13.4. The van der Waals surface area contributed by atoms with Crippen molar-refractivity contribution in [3.05, 3.63) is 82.4 Å². The molecule has 0 saturated carbocycles. The molecule has 0 unspecified atom stereocenters. The molecule has 0 aliphatic heterocycles. The molecule has 2 amide bonds. The van der Waals surface area contributed by atoms with Crippen LogP contribution >= 0.6 is 11.6 Å². The van der Waals surface area contributed by atoms with E-state index in [4.69, 9.17) is 11.6 Å². The van der Waals surface area contributed by atoms with Crippen LogP contribution in [0.15, 0.2) is 66.2 Å². The zero-order chi connectivity index (χ0) is 23.5. The quantitative estimate of drug-likeness (QED) is 0.407. The lowest BCUT2D eigenvalue weighted by Crippen LogP contribution is -2.50. The minimum absolute atomic E-state index is 0.00137. The number of allylic oxidation sites excluding steroid dienone is 1. The minimum atomic E-state index is -0.567. The van der Waals surface area contributed by atoms with Crippen LogP contribution < -0.4 is 5.32 Å². The second-order valence-electron chi connectivity index (χ2n) is 8.75. The van der Waals surface area contributed by atoms with E-state index in [1.54, 1.807) is 4.90 Å². The van der Waals surface area contributed by atoms with E-state index in [1.807, 2.05) is 61.5 Å². The fourth-order valence-electron chi connectivity index (χ4n) is 4.29. The number of nitrogens with one attached hydrogen (secondary N) is 1. The molecule has 2 aromatic rings. The Kier molecular flexibility index (Phi) is 10.0. The van der Waals surface area contributed by atoms with Crippen LogP contribution in [0.3, 0.4) is 0 Å². The summed E-state index contributed by atoms with van der Waals surface area (Å²) in [5, 5.41) is 3.78.